The highest BCUT2D eigenvalue weighted by atomic mass is 19.4. The van der Waals surface area contributed by atoms with E-state index < -0.39 is 36.2 Å². The number of halogens is 4. The summed E-state index contributed by atoms with van der Waals surface area (Å²) in [5.74, 6) is -0.952. The van der Waals surface area contributed by atoms with Gasteiger partial charge in [-0.15, -0.1) is 0 Å². The molecule has 6 nitrogen and oxygen atoms in total. The van der Waals surface area contributed by atoms with Crippen molar-refractivity contribution < 1.29 is 32.5 Å². The molecule has 3 N–H and O–H groups in total. The Morgan fingerprint density at radius 3 is 2.56 bits per heavy atom. The maximum atomic E-state index is 14.2. The van der Waals surface area contributed by atoms with Gasteiger partial charge in [0.05, 0.1) is 29.5 Å². The number of aryl methyl sites for hydroxylation is 1. The molecule has 0 radical (unpaired) electrons. The molecular formula is C26H23F4N3O3. The van der Waals surface area contributed by atoms with Gasteiger partial charge in [-0.25, -0.2) is 9.07 Å². The number of ether oxygens (including phenoxy) is 1. The zero-order valence-corrected chi connectivity index (χ0v) is 19.4. The van der Waals surface area contributed by atoms with Gasteiger partial charge in [0.25, 0.3) is 0 Å². The summed E-state index contributed by atoms with van der Waals surface area (Å²) in [6, 6.07) is 13.2. The average molecular weight is 501 g/mol. The fraction of sp³-hybridized carbons (Fsp3) is 0.269. The van der Waals surface area contributed by atoms with Gasteiger partial charge in [-0.2, -0.15) is 18.3 Å². The van der Waals surface area contributed by atoms with Crippen LogP contribution in [-0.2, 0) is 10.3 Å². The van der Waals surface area contributed by atoms with Crippen molar-refractivity contribution in [2.24, 2.45) is 0 Å². The van der Waals surface area contributed by atoms with Gasteiger partial charge >= 0.3 is 6.18 Å². The minimum Gasteiger partial charge on any atom is -0.508 e. The number of aromatic hydroxyl groups is 2. The molecule has 0 saturated carbocycles. The van der Waals surface area contributed by atoms with E-state index in [0.717, 1.165) is 23.8 Å². The van der Waals surface area contributed by atoms with E-state index in [-0.39, 0.29) is 17.1 Å². The van der Waals surface area contributed by atoms with E-state index in [2.05, 4.69) is 10.4 Å². The summed E-state index contributed by atoms with van der Waals surface area (Å²) in [5.41, 5.74) is -1.62. The predicted molar refractivity (Wildman–Crippen MR) is 126 cm³/mol. The fourth-order valence-electron chi connectivity index (χ4n) is 4.89. The molecule has 5 rings (SSSR count). The van der Waals surface area contributed by atoms with Crippen molar-refractivity contribution in [1.29, 1.82) is 0 Å². The highest BCUT2D eigenvalue weighted by Crippen LogP contribution is 2.57. The van der Waals surface area contributed by atoms with Crippen LogP contribution >= 0.6 is 0 Å². The summed E-state index contributed by atoms with van der Waals surface area (Å²) < 4.78 is 63.5. The Morgan fingerprint density at radius 2 is 1.86 bits per heavy atom. The smallest absolute Gasteiger partial charge is 0.419 e. The molecule has 1 saturated heterocycles. The standard InChI is InChI=1S/C26H23F4N3O3/c1-15-8-21(19-12-32-33(22(19)9-15)17-4-3-5-18(34)11-17)31-14-25(26(28,29)30)13-24(2,36-25)20-10-16(27)6-7-23(20)35/h3-12,31,34-35H,13-14H2,1-2H3. The summed E-state index contributed by atoms with van der Waals surface area (Å²) in [6.45, 7) is 2.61. The van der Waals surface area contributed by atoms with E-state index in [9.17, 15) is 27.8 Å². The van der Waals surface area contributed by atoms with Gasteiger partial charge in [-0.1, -0.05) is 6.07 Å². The summed E-state index contributed by atoms with van der Waals surface area (Å²) in [4.78, 5) is 0. The molecule has 3 aromatic carbocycles. The Bertz CT molecular complexity index is 1460. The van der Waals surface area contributed by atoms with Crippen molar-refractivity contribution in [1.82, 2.24) is 9.78 Å². The van der Waals surface area contributed by atoms with Crippen LogP contribution < -0.4 is 5.32 Å². The lowest BCUT2D eigenvalue weighted by atomic mass is 9.75. The lowest BCUT2D eigenvalue weighted by Crippen LogP contribution is -2.67. The van der Waals surface area contributed by atoms with Crippen molar-refractivity contribution in [3.63, 3.8) is 0 Å². The number of benzene rings is 3. The SMILES string of the molecule is Cc1cc(NCC2(C(F)(F)F)CC(C)(c3cc(F)ccc3O)O2)c2cnn(-c3cccc(O)c3)c2c1. The van der Waals surface area contributed by atoms with Crippen LogP contribution in [0.25, 0.3) is 16.6 Å². The number of nitrogens with zero attached hydrogens (tertiary/aromatic N) is 2. The van der Waals surface area contributed by atoms with Crippen LogP contribution in [0.15, 0.2) is 60.8 Å². The topological polar surface area (TPSA) is 79.5 Å². The molecule has 0 bridgehead atoms. The number of hydrogen-bond acceptors (Lipinski definition) is 5. The molecule has 2 heterocycles. The zero-order valence-electron chi connectivity index (χ0n) is 19.4. The first-order chi connectivity index (χ1) is 16.9. The number of aromatic nitrogens is 2. The van der Waals surface area contributed by atoms with E-state index in [1.54, 1.807) is 22.9 Å². The Balaban J connectivity index is 1.46. The van der Waals surface area contributed by atoms with Gasteiger partial charge < -0.3 is 20.3 Å². The minimum atomic E-state index is -4.73. The molecule has 0 aliphatic carbocycles. The van der Waals surface area contributed by atoms with Crippen molar-refractivity contribution in [3.8, 4) is 17.2 Å². The highest BCUT2D eigenvalue weighted by molar-refractivity contribution is 5.93. The van der Waals surface area contributed by atoms with E-state index in [1.807, 2.05) is 13.0 Å². The third-order valence-electron chi connectivity index (χ3n) is 6.56. The fourth-order valence-corrected chi connectivity index (χ4v) is 4.89. The minimum absolute atomic E-state index is 0.0345. The second-order valence-electron chi connectivity index (χ2n) is 9.34. The number of fused-ring (bicyclic) bond motifs is 1. The van der Waals surface area contributed by atoms with Gasteiger partial charge in [-0.05, 0) is 61.9 Å². The van der Waals surface area contributed by atoms with Gasteiger partial charge in [0.1, 0.15) is 17.3 Å². The molecule has 2 unspecified atom stereocenters. The number of phenolic OH excluding ortho intramolecular Hbond substituents is 2. The molecular weight excluding hydrogens is 478 g/mol. The first-order valence-electron chi connectivity index (χ1n) is 11.2. The Morgan fingerprint density at radius 1 is 1.11 bits per heavy atom. The Labute approximate surface area is 203 Å². The van der Waals surface area contributed by atoms with Crippen molar-refractivity contribution in [2.45, 2.75) is 37.6 Å². The molecule has 36 heavy (non-hydrogen) atoms. The maximum Gasteiger partial charge on any atom is 0.419 e. The van der Waals surface area contributed by atoms with Crippen molar-refractivity contribution >= 4 is 16.6 Å². The van der Waals surface area contributed by atoms with Gasteiger partial charge in [0.15, 0.2) is 5.60 Å². The highest BCUT2D eigenvalue weighted by Gasteiger charge is 2.68. The Hall–Kier alpha value is -3.79. The van der Waals surface area contributed by atoms with E-state index in [0.29, 0.717) is 22.3 Å². The molecule has 10 heteroatoms. The predicted octanol–water partition coefficient (Wildman–Crippen LogP) is 5.93. The second-order valence-corrected chi connectivity index (χ2v) is 9.34. The molecule has 4 aromatic rings. The van der Waals surface area contributed by atoms with E-state index in [1.165, 1.54) is 25.3 Å². The molecule has 1 fully saturated rings. The third kappa shape index (κ3) is 3.91. The van der Waals surface area contributed by atoms with E-state index in [4.69, 9.17) is 4.74 Å². The van der Waals surface area contributed by atoms with Crippen LogP contribution in [0.1, 0.15) is 24.5 Å². The number of nitrogens with one attached hydrogen (secondary N) is 1. The molecule has 1 aliphatic rings. The number of hydrogen-bond donors (Lipinski definition) is 3. The second kappa shape index (κ2) is 8.12. The van der Waals surface area contributed by atoms with E-state index >= 15 is 0 Å². The third-order valence-corrected chi connectivity index (χ3v) is 6.56. The summed E-state index contributed by atoms with van der Waals surface area (Å²) in [6.07, 6.45) is -3.69. The van der Waals surface area contributed by atoms with Crippen LogP contribution in [0.4, 0.5) is 23.2 Å². The first kappa shape index (κ1) is 23.9. The van der Waals surface area contributed by atoms with Gasteiger partial charge in [-0.3, -0.25) is 0 Å². The van der Waals surface area contributed by atoms with Gasteiger partial charge in [0.2, 0.25) is 0 Å². The van der Waals surface area contributed by atoms with Crippen molar-refractivity contribution in [3.05, 3.63) is 77.7 Å². The summed E-state index contributed by atoms with van der Waals surface area (Å²) >= 11 is 0. The Kier molecular flexibility index (Phi) is 5.40. The quantitative estimate of drug-likeness (QED) is 0.295. The van der Waals surface area contributed by atoms with Crippen LogP contribution in [0, 0.1) is 12.7 Å². The van der Waals surface area contributed by atoms with Gasteiger partial charge in [0, 0.05) is 29.1 Å². The first-order valence-corrected chi connectivity index (χ1v) is 11.2. The molecule has 0 amide bonds. The van der Waals surface area contributed by atoms with Crippen LogP contribution in [0.5, 0.6) is 11.5 Å². The average Bonchev–Trinajstić information content (AvgIpc) is 3.20. The molecule has 2 atom stereocenters. The molecule has 0 spiro atoms. The lowest BCUT2D eigenvalue weighted by Gasteiger charge is -2.55. The number of anilines is 1. The largest absolute Gasteiger partial charge is 0.508 e. The number of alkyl halides is 3. The molecule has 1 aliphatic heterocycles. The summed E-state index contributed by atoms with van der Waals surface area (Å²) in [5, 5.41) is 27.8. The van der Waals surface area contributed by atoms with Crippen LogP contribution in [0.3, 0.4) is 0 Å². The molecule has 188 valence electrons. The lowest BCUT2D eigenvalue weighted by molar-refractivity contribution is -0.380. The maximum absolute atomic E-state index is 14.2. The normalized spacial score (nSPS) is 21.9. The summed E-state index contributed by atoms with van der Waals surface area (Å²) in [7, 11) is 0. The van der Waals surface area contributed by atoms with Crippen LogP contribution in [0.2, 0.25) is 0 Å². The monoisotopic (exact) mass is 501 g/mol. The molecule has 1 aromatic heterocycles. The number of phenols is 2. The van der Waals surface area contributed by atoms with Crippen LogP contribution in [-0.4, -0.2) is 38.3 Å². The number of rotatable bonds is 5. The zero-order chi connectivity index (χ0) is 25.9. The van der Waals surface area contributed by atoms with Crippen molar-refractivity contribution in [2.75, 3.05) is 11.9 Å².